The molecule has 1 aromatic rings. The molecule has 0 unspecified atom stereocenters. The van der Waals surface area contributed by atoms with Crippen LogP contribution >= 0.6 is 11.6 Å². The summed E-state index contributed by atoms with van der Waals surface area (Å²) >= 11 is 5.65. The first-order valence-electron chi connectivity index (χ1n) is 3.69. The van der Waals surface area contributed by atoms with Gasteiger partial charge in [-0.1, -0.05) is 23.7 Å². The second kappa shape index (κ2) is 4.56. The minimum absolute atomic E-state index is 0.599. The highest BCUT2D eigenvalue weighted by Crippen LogP contribution is 2.10. The summed E-state index contributed by atoms with van der Waals surface area (Å²) in [7, 11) is -3.51. The monoisotopic (exact) mass is 232 g/mol. The van der Waals surface area contributed by atoms with Crippen molar-refractivity contribution in [3.05, 3.63) is 40.3 Å². The molecule has 1 rings (SSSR count). The summed E-state index contributed by atoms with van der Waals surface area (Å²) in [6, 6.07) is 6.74. The molecule has 0 fully saturated rings. The van der Waals surface area contributed by atoms with Gasteiger partial charge in [0.1, 0.15) is 0 Å². The SMILES string of the molecule is NNS(=O)(=O)/C=C/c1ccc(Cl)cc1. The molecule has 0 radical (unpaired) electrons. The molecule has 0 saturated carbocycles. The maximum absolute atomic E-state index is 10.9. The van der Waals surface area contributed by atoms with Crippen LogP contribution in [0.4, 0.5) is 0 Å². The van der Waals surface area contributed by atoms with Crippen LogP contribution in [0.25, 0.3) is 6.08 Å². The van der Waals surface area contributed by atoms with E-state index in [0.29, 0.717) is 5.02 Å². The van der Waals surface area contributed by atoms with Crippen LogP contribution in [0.3, 0.4) is 0 Å². The molecule has 1 aromatic carbocycles. The molecule has 14 heavy (non-hydrogen) atoms. The number of halogens is 1. The molecule has 0 aromatic heterocycles. The molecule has 0 bridgehead atoms. The Morgan fingerprint density at radius 1 is 1.29 bits per heavy atom. The second-order valence-corrected chi connectivity index (χ2v) is 4.55. The number of hydrogen-bond acceptors (Lipinski definition) is 3. The zero-order chi connectivity index (χ0) is 10.6. The third-order valence-corrected chi connectivity index (χ3v) is 2.55. The van der Waals surface area contributed by atoms with Gasteiger partial charge in [0, 0.05) is 10.4 Å². The molecule has 0 atom stereocenters. The van der Waals surface area contributed by atoms with Crippen molar-refractivity contribution in [3.8, 4) is 0 Å². The summed E-state index contributed by atoms with van der Waals surface area (Å²) in [5.74, 6) is 4.78. The summed E-state index contributed by atoms with van der Waals surface area (Å²) in [5.41, 5.74) is 0.730. The Bertz CT molecular complexity index is 425. The molecule has 4 nitrogen and oxygen atoms in total. The van der Waals surface area contributed by atoms with E-state index in [1.165, 1.54) is 6.08 Å². The normalized spacial score (nSPS) is 12.1. The predicted molar refractivity (Wildman–Crippen MR) is 56.7 cm³/mol. The highest BCUT2D eigenvalue weighted by Gasteiger charge is 1.99. The summed E-state index contributed by atoms with van der Waals surface area (Å²) in [5, 5.41) is 1.58. The third-order valence-electron chi connectivity index (χ3n) is 1.47. The lowest BCUT2D eigenvalue weighted by molar-refractivity contribution is 0.593. The topological polar surface area (TPSA) is 72.2 Å². The fourth-order valence-electron chi connectivity index (χ4n) is 0.781. The fraction of sp³-hybridized carbons (Fsp3) is 0. The summed E-state index contributed by atoms with van der Waals surface area (Å²) in [6.45, 7) is 0. The number of sulfonamides is 1. The van der Waals surface area contributed by atoms with Crippen molar-refractivity contribution in [3.63, 3.8) is 0 Å². The summed E-state index contributed by atoms with van der Waals surface area (Å²) in [6.07, 6.45) is 1.42. The quantitative estimate of drug-likeness (QED) is 0.606. The number of nitrogens with two attached hydrogens (primary N) is 1. The zero-order valence-corrected chi connectivity index (χ0v) is 8.72. The van der Waals surface area contributed by atoms with Crippen LogP contribution in [0.1, 0.15) is 5.56 Å². The number of hydrogen-bond donors (Lipinski definition) is 2. The number of benzene rings is 1. The van der Waals surface area contributed by atoms with Gasteiger partial charge in [-0.3, -0.25) is 5.84 Å². The third kappa shape index (κ3) is 3.47. The maximum Gasteiger partial charge on any atom is 0.246 e. The van der Waals surface area contributed by atoms with Crippen LogP contribution in [0.2, 0.25) is 5.02 Å². The van der Waals surface area contributed by atoms with E-state index in [2.05, 4.69) is 0 Å². The van der Waals surface area contributed by atoms with Gasteiger partial charge in [0.25, 0.3) is 0 Å². The van der Waals surface area contributed by atoms with Crippen molar-refractivity contribution in [2.75, 3.05) is 0 Å². The van der Waals surface area contributed by atoms with Gasteiger partial charge in [0.2, 0.25) is 10.0 Å². The molecule has 0 saturated heterocycles. The first-order valence-corrected chi connectivity index (χ1v) is 5.62. The van der Waals surface area contributed by atoms with E-state index in [9.17, 15) is 8.42 Å². The van der Waals surface area contributed by atoms with Gasteiger partial charge >= 0.3 is 0 Å². The van der Waals surface area contributed by atoms with Crippen LogP contribution < -0.4 is 10.7 Å². The van der Waals surface area contributed by atoms with Crippen LogP contribution in [0.15, 0.2) is 29.7 Å². The van der Waals surface area contributed by atoms with Crippen LogP contribution in [0.5, 0.6) is 0 Å². The Morgan fingerprint density at radius 3 is 2.36 bits per heavy atom. The number of nitrogens with one attached hydrogen (secondary N) is 1. The van der Waals surface area contributed by atoms with Gasteiger partial charge in [0.05, 0.1) is 0 Å². The molecule has 6 heteroatoms. The maximum atomic E-state index is 10.9. The van der Waals surface area contributed by atoms with Crippen LogP contribution in [-0.2, 0) is 10.0 Å². The molecule has 0 aliphatic carbocycles. The molecule has 0 spiro atoms. The Hall–Kier alpha value is -0.880. The van der Waals surface area contributed by atoms with Gasteiger partial charge in [-0.15, -0.1) is 0 Å². The predicted octanol–water partition coefficient (Wildman–Crippen LogP) is 1.10. The van der Waals surface area contributed by atoms with E-state index in [1.807, 2.05) is 0 Å². The average molecular weight is 233 g/mol. The Morgan fingerprint density at radius 2 is 1.86 bits per heavy atom. The Balaban J connectivity index is 2.84. The van der Waals surface area contributed by atoms with E-state index in [1.54, 1.807) is 29.1 Å². The van der Waals surface area contributed by atoms with E-state index >= 15 is 0 Å². The van der Waals surface area contributed by atoms with Gasteiger partial charge < -0.3 is 0 Å². The van der Waals surface area contributed by atoms with Crippen molar-refractivity contribution in [1.29, 1.82) is 0 Å². The number of hydrazine groups is 1. The minimum atomic E-state index is -3.51. The Labute approximate surface area is 87.4 Å². The van der Waals surface area contributed by atoms with Crippen LogP contribution in [0, 0.1) is 0 Å². The molecular formula is C8H9ClN2O2S. The molecule has 0 heterocycles. The zero-order valence-electron chi connectivity index (χ0n) is 7.14. The average Bonchev–Trinajstić information content (AvgIpc) is 2.17. The lowest BCUT2D eigenvalue weighted by atomic mass is 10.2. The lowest BCUT2D eigenvalue weighted by Gasteiger charge is -1.95. The highest BCUT2D eigenvalue weighted by molar-refractivity contribution is 7.92. The van der Waals surface area contributed by atoms with E-state index in [4.69, 9.17) is 17.4 Å². The molecule has 0 aliphatic rings. The molecule has 76 valence electrons. The van der Waals surface area contributed by atoms with E-state index in [0.717, 1.165) is 11.0 Å². The second-order valence-electron chi connectivity index (χ2n) is 2.52. The minimum Gasteiger partial charge on any atom is -0.257 e. The first-order chi connectivity index (χ1) is 6.53. The molecule has 0 amide bonds. The fourth-order valence-corrected chi connectivity index (χ4v) is 1.32. The summed E-state index contributed by atoms with van der Waals surface area (Å²) in [4.78, 5) is 1.68. The van der Waals surface area contributed by atoms with Crippen molar-refractivity contribution >= 4 is 27.7 Å². The van der Waals surface area contributed by atoms with Gasteiger partial charge in [-0.2, -0.15) is 4.83 Å². The van der Waals surface area contributed by atoms with E-state index < -0.39 is 10.0 Å². The first kappa shape index (κ1) is 11.2. The van der Waals surface area contributed by atoms with Gasteiger partial charge in [-0.05, 0) is 23.8 Å². The number of rotatable bonds is 3. The van der Waals surface area contributed by atoms with Crippen molar-refractivity contribution in [1.82, 2.24) is 4.83 Å². The molecule has 3 N–H and O–H groups in total. The van der Waals surface area contributed by atoms with Crippen molar-refractivity contribution < 1.29 is 8.42 Å². The van der Waals surface area contributed by atoms with Gasteiger partial charge in [-0.25, -0.2) is 8.42 Å². The van der Waals surface area contributed by atoms with E-state index in [-0.39, 0.29) is 0 Å². The lowest BCUT2D eigenvalue weighted by Crippen LogP contribution is -2.27. The smallest absolute Gasteiger partial charge is 0.246 e. The van der Waals surface area contributed by atoms with Gasteiger partial charge in [0.15, 0.2) is 0 Å². The Kier molecular flexibility index (Phi) is 3.65. The molecule has 0 aliphatic heterocycles. The van der Waals surface area contributed by atoms with Crippen LogP contribution in [-0.4, -0.2) is 8.42 Å². The molecular weight excluding hydrogens is 224 g/mol. The standard InChI is InChI=1S/C8H9ClN2O2S/c9-8-3-1-7(2-4-8)5-6-14(12,13)11-10/h1-6,11H,10H2/b6-5+. The summed E-state index contributed by atoms with van der Waals surface area (Å²) < 4.78 is 21.8. The van der Waals surface area contributed by atoms with Crippen molar-refractivity contribution in [2.45, 2.75) is 0 Å². The van der Waals surface area contributed by atoms with Crippen molar-refractivity contribution in [2.24, 2.45) is 5.84 Å². The largest absolute Gasteiger partial charge is 0.257 e. The highest BCUT2D eigenvalue weighted by atomic mass is 35.5.